The number of halogens is 1. The predicted molar refractivity (Wildman–Crippen MR) is 70.4 cm³/mol. The topological polar surface area (TPSA) is 60.8 Å². The lowest BCUT2D eigenvalue weighted by Gasteiger charge is -2.41. The molecule has 0 aliphatic heterocycles. The first kappa shape index (κ1) is 15.4. The number of aliphatic hydroxyl groups excluding tert-OH is 1. The highest BCUT2D eigenvalue weighted by Crippen LogP contribution is 2.32. The monoisotopic (exact) mass is 269 g/mol. The number of benzene rings is 1. The van der Waals surface area contributed by atoms with Crippen molar-refractivity contribution in [2.45, 2.75) is 45.4 Å². The third-order valence-electron chi connectivity index (χ3n) is 2.89. The van der Waals surface area contributed by atoms with Gasteiger partial charge in [-0.1, -0.05) is 18.2 Å². The maximum Gasteiger partial charge on any atom is 0.408 e. The Balaban J connectivity index is 3.35. The molecular weight excluding hydrogens is 249 g/mol. The number of rotatable bonds is 3. The molecule has 4 nitrogen and oxygen atoms in total. The number of carboxylic acid groups (broad SMARTS) is 1. The van der Waals surface area contributed by atoms with Crippen molar-refractivity contribution in [3.63, 3.8) is 0 Å². The van der Waals surface area contributed by atoms with Gasteiger partial charge in [0, 0.05) is 11.1 Å². The van der Waals surface area contributed by atoms with Gasteiger partial charge in [-0.3, -0.25) is 4.90 Å². The van der Waals surface area contributed by atoms with Gasteiger partial charge in [-0.2, -0.15) is 0 Å². The van der Waals surface area contributed by atoms with Crippen molar-refractivity contribution in [2.75, 3.05) is 0 Å². The van der Waals surface area contributed by atoms with Crippen LogP contribution in [0.3, 0.4) is 0 Å². The van der Waals surface area contributed by atoms with E-state index in [9.17, 15) is 19.4 Å². The first-order valence-electron chi connectivity index (χ1n) is 6.11. The van der Waals surface area contributed by atoms with Crippen molar-refractivity contribution >= 4 is 6.09 Å². The Labute approximate surface area is 112 Å². The quantitative estimate of drug-likeness (QED) is 0.886. The van der Waals surface area contributed by atoms with Crippen molar-refractivity contribution in [3.8, 4) is 0 Å². The van der Waals surface area contributed by atoms with Crippen LogP contribution in [-0.2, 0) is 0 Å². The van der Waals surface area contributed by atoms with Crippen molar-refractivity contribution in [2.24, 2.45) is 0 Å². The lowest BCUT2D eigenvalue weighted by atomic mass is 9.95. The van der Waals surface area contributed by atoms with E-state index in [-0.39, 0.29) is 5.56 Å². The highest BCUT2D eigenvalue weighted by Gasteiger charge is 2.37. The molecule has 1 amide bonds. The second-order valence-electron chi connectivity index (χ2n) is 5.53. The molecule has 1 rings (SSSR count). The van der Waals surface area contributed by atoms with Crippen LogP contribution in [-0.4, -0.2) is 32.8 Å². The Morgan fingerprint density at radius 1 is 1.32 bits per heavy atom. The Bertz CT molecular complexity index is 454. The van der Waals surface area contributed by atoms with E-state index in [1.54, 1.807) is 26.8 Å². The van der Waals surface area contributed by atoms with E-state index in [4.69, 9.17) is 0 Å². The van der Waals surface area contributed by atoms with Gasteiger partial charge in [0.1, 0.15) is 5.82 Å². The first-order chi connectivity index (χ1) is 8.66. The molecule has 0 aliphatic carbocycles. The van der Waals surface area contributed by atoms with Crippen LogP contribution >= 0.6 is 0 Å². The second-order valence-corrected chi connectivity index (χ2v) is 5.53. The summed E-state index contributed by atoms with van der Waals surface area (Å²) in [5, 5.41) is 19.3. The van der Waals surface area contributed by atoms with Crippen LogP contribution in [0.1, 0.15) is 39.3 Å². The minimum atomic E-state index is -1.19. The van der Waals surface area contributed by atoms with Crippen molar-refractivity contribution in [3.05, 3.63) is 35.6 Å². The summed E-state index contributed by atoms with van der Waals surface area (Å²) in [6.07, 6.45) is -2.21. The van der Waals surface area contributed by atoms with Gasteiger partial charge in [-0.25, -0.2) is 9.18 Å². The summed E-state index contributed by atoms with van der Waals surface area (Å²) in [7, 11) is 0. The zero-order chi connectivity index (χ0) is 14.8. The summed E-state index contributed by atoms with van der Waals surface area (Å²) < 4.78 is 13.9. The van der Waals surface area contributed by atoms with E-state index in [1.165, 1.54) is 25.1 Å². The van der Waals surface area contributed by atoms with E-state index in [0.29, 0.717) is 0 Å². The molecule has 0 aliphatic rings. The summed E-state index contributed by atoms with van der Waals surface area (Å²) in [5.74, 6) is -0.524. The Kier molecular flexibility index (Phi) is 4.52. The first-order valence-corrected chi connectivity index (χ1v) is 6.11. The fourth-order valence-corrected chi connectivity index (χ4v) is 2.15. The SMILES string of the molecule is CC(O)C(c1ccccc1F)N(C(=O)O)C(C)(C)C. The molecule has 2 atom stereocenters. The number of hydrogen-bond acceptors (Lipinski definition) is 2. The third-order valence-corrected chi connectivity index (χ3v) is 2.89. The molecule has 0 heterocycles. The second kappa shape index (κ2) is 5.57. The fraction of sp³-hybridized carbons (Fsp3) is 0.500. The van der Waals surface area contributed by atoms with Gasteiger partial charge in [0.2, 0.25) is 0 Å². The lowest BCUT2D eigenvalue weighted by Crippen LogP contribution is -2.50. The van der Waals surface area contributed by atoms with Gasteiger partial charge in [0.05, 0.1) is 12.1 Å². The van der Waals surface area contributed by atoms with Crippen LogP contribution in [0, 0.1) is 5.82 Å². The average Bonchev–Trinajstić information content (AvgIpc) is 2.24. The third kappa shape index (κ3) is 3.44. The van der Waals surface area contributed by atoms with Gasteiger partial charge in [0.25, 0.3) is 0 Å². The minimum absolute atomic E-state index is 0.176. The lowest BCUT2D eigenvalue weighted by molar-refractivity contribution is 0.0119. The maximum absolute atomic E-state index is 13.9. The molecule has 1 aromatic rings. The minimum Gasteiger partial charge on any atom is -0.465 e. The van der Waals surface area contributed by atoms with Crippen LogP contribution in [0.5, 0.6) is 0 Å². The Hall–Kier alpha value is -1.62. The average molecular weight is 269 g/mol. The van der Waals surface area contributed by atoms with Gasteiger partial charge in [-0.05, 0) is 33.8 Å². The van der Waals surface area contributed by atoms with Gasteiger partial charge in [-0.15, -0.1) is 0 Å². The van der Waals surface area contributed by atoms with Crippen LogP contribution in [0.25, 0.3) is 0 Å². The maximum atomic E-state index is 13.9. The smallest absolute Gasteiger partial charge is 0.408 e. The van der Waals surface area contributed by atoms with E-state index >= 15 is 0 Å². The molecule has 0 saturated heterocycles. The van der Waals surface area contributed by atoms with E-state index < -0.39 is 29.6 Å². The Morgan fingerprint density at radius 3 is 2.21 bits per heavy atom. The standard InChI is InChI=1S/C14H20FNO3/c1-9(17)12(10-7-5-6-8-11(10)15)16(13(18)19)14(2,3)4/h5-9,12,17H,1-4H3,(H,18,19). The van der Waals surface area contributed by atoms with Gasteiger partial charge < -0.3 is 10.2 Å². The summed E-state index contributed by atoms with van der Waals surface area (Å²) in [5.41, 5.74) is -0.578. The summed E-state index contributed by atoms with van der Waals surface area (Å²) in [6, 6.07) is 4.96. The predicted octanol–water partition coefficient (Wildman–Crippen LogP) is 3.03. The molecule has 1 aromatic carbocycles. The molecule has 19 heavy (non-hydrogen) atoms. The molecule has 0 aromatic heterocycles. The fourth-order valence-electron chi connectivity index (χ4n) is 2.15. The molecule has 0 bridgehead atoms. The molecule has 0 spiro atoms. The van der Waals surface area contributed by atoms with E-state index in [0.717, 1.165) is 4.90 Å². The zero-order valence-corrected chi connectivity index (χ0v) is 11.6. The number of nitrogens with zero attached hydrogens (tertiary/aromatic N) is 1. The van der Waals surface area contributed by atoms with E-state index in [1.807, 2.05) is 0 Å². The van der Waals surface area contributed by atoms with Crippen molar-refractivity contribution < 1.29 is 19.4 Å². The van der Waals surface area contributed by atoms with Crippen LogP contribution in [0.15, 0.2) is 24.3 Å². The highest BCUT2D eigenvalue weighted by atomic mass is 19.1. The molecule has 2 unspecified atom stereocenters. The summed E-state index contributed by atoms with van der Waals surface area (Å²) in [6.45, 7) is 6.57. The number of carbonyl (C=O) groups is 1. The zero-order valence-electron chi connectivity index (χ0n) is 11.6. The summed E-state index contributed by atoms with van der Waals surface area (Å²) >= 11 is 0. The van der Waals surface area contributed by atoms with Crippen molar-refractivity contribution in [1.82, 2.24) is 4.90 Å². The molecular formula is C14H20FNO3. The molecule has 0 saturated carbocycles. The largest absolute Gasteiger partial charge is 0.465 e. The molecule has 2 N–H and O–H groups in total. The summed E-state index contributed by atoms with van der Waals surface area (Å²) in [4.78, 5) is 12.5. The van der Waals surface area contributed by atoms with Crippen molar-refractivity contribution in [1.29, 1.82) is 0 Å². The molecule has 0 fully saturated rings. The molecule has 0 radical (unpaired) electrons. The van der Waals surface area contributed by atoms with Gasteiger partial charge in [0.15, 0.2) is 0 Å². The number of hydrogen-bond donors (Lipinski definition) is 2. The van der Waals surface area contributed by atoms with E-state index in [2.05, 4.69) is 0 Å². The number of amides is 1. The normalized spacial score (nSPS) is 14.8. The van der Waals surface area contributed by atoms with Crippen LogP contribution < -0.4 is 0 Å². The molecule has 5 heteroatoms. The number of aliphatic hydroxyl groups is 1. The molecule has 106 valence electrons. The van der Waals surface area contributed by atoms with Crippen LogP contribution in [0.2, 0.25) is 0 Å². The Morgan fingerprint density at radius 2 is 1.84 bits per heavy atom. The highest BCUT2D eigenvalue weighted by molar-refractivity contribution is 5.67. The van der Waals surface area contributed by atoms with Gasteiger partial charge >= 0.3 is 6.09 Å². The van der Waals surface area contributed by atoms with Crippen LogP contribution in [0.4, 0.5) is 9.18 Å².